The summed E-state index contributed by atoms with van der Waals surface area (Å²) in [5.74, 6) is 0. The number of rotatable bonds is 0. The lowest BCUT2D eigenvalue weighted by Crippen LogP contribution is -2.18. The molecule has 0 spiro atoms. The van der Waals surface area contributed by atoms with Crippen LogP contribution in [0, 0.1) is 16.2 Å². The van der Waals surface area contributed by atoms with Gasteiger partial charge in [0, 0.05) is 0 Å². The molecule has 52 valence electrons. The molecular weight excluding hydrogens is 108 g/mol. The second-order valence-electron chi connectivity index (χ2n) is 4.79. The van der Waals surface area contributed by atoms with Crippen molar-refractivity contribution in [3.05, 3.63) is 0 Å². The Morgan fingerprint density at radius 2 is 1.11 bits per heavy atom. The van der Waals surface area contributed by atoms with Gasteiger partial charge in [0.1, 0.15) is 0 Å². The van der Waals surface area contributed by atoms with E-state index in [9.17, 15) is 0 Å². The summed E-state index contributed by atoms with van der Waals surface area (Å²) in [7, 11) is 0. The van der Waals surface area contributed by atoms with E-state index in [4.69, 9.17) is 0 Å². The maximum atomic E-state index is 2.44. The van der Waals surface area contributed by atoms with Crippen LogP contribution in [0.5, 0.6) is 0 Å². The molecule has 9 heavy (non-hydrogen) atoms. The molecule has 2 aliphatic carbocycles. The molecule has 0 heteroatoms. The highest BCUT2D eigenvalue weighted by Gasteiger charge is 2.81. The maximum absolute atomic E-state index is 2.44. The van der Waals surface area contributed by atoms with Crippen molar-refractivity contribution in [2.24, 2.45) is 16.2 Å². The number of hydrogen-bond acceptors (Lipinski definition) is 0. The first-order chi connectivity index (χ1) is 3.96. The van der Waals surface area contributed by atoms with E-state index in [0.29, 0.717) is 5.41 Å². The highest BCUT2D eigenvalue weighted by Crippen LogP contribution is 2.88. The van der Waals surface area contributed by atoms with Gasteiger partial charge in [-0.15, -0.1) is 0 Å². The van der Waals surface area contributed by atoms with Gasteiger partial charge in [0.25, 0.3) is 0 Å². The van der Waals surface area contributed by atoms with E-state index < -0.39 is 0 Å². The van der Waals surface area contributed by atoms with Gasteiger partial charge in [-0.05, 0) is 29.1 Å². The molecule has 0 saturated heterocycles. The van der Waals surface area contributed by atoms with Gasteiger partial charge in [-0.3, -0.25) is 0 Å². The minimum atomic E-state index is 0.653. The first-order valence-corrected chi connectivity index (χ1v) is 3.96. The first kappa shape index (κ1) is 5.76. The number of fused-ring (bicyclic) bond motifs is 1. The normalized spacial score (nSPS) is 60.0. The summed E-state index contributed by atoms with van der Waals surface area (Å²) in [5.41, 5.74) is 2.10. The molecular formula is C9H16. The Morgan fingerprint density at radius 1 is 0.778 bits per heavy atom. The topological polar surface area (TPSA) is 0 Å². The van der Waals surface area contributed by atoms with Crippen molar-refractivity contribution < 1.29 is 0 Å². The van der Waals surface area contributed by atoms with Crippen LogP contribution in [0.2, 0.25) is 0 Å². The van der Waals surface area contributed by atoms with Crippen LogP contribution in [0.1, 0.15) is 40.5 Å². The molecule has 0 bridgehead atoms. The Bertz CT molecular complexity index is 132. The zero-order valence-corrected chi connectivity index (χ0v) is 6.91. The van der Waals surface area contributed by atoms with E-state index in [2.05, 4.69) is 27.7 Å². The van der Waals surface area contributed by atoms with E-state index in [0.717, 1.165) is 10.8 Å². The molecule has 0 nitrogen and oxygen atoms in total. The smallest absolute Gasteiger partial charge is 0.0210 e. The molecule has 0 aromatic rings. The SMILES string of the molecule is CC1(C)C2(C)CCC12C. The van der Waals surface area contributed by atoms with Crippen LogP contribution < -0.4 is 0 Å². The van der Waals surface area contributed by atoms with Gasteiger partial charge in [0.15, 0.2) is 0 Å². The molecule has 2 unspecified atom stereocenters. The Labute approximate surface area is 57.6 Å². The summed E-state index contributed by atoms with van der Waals surface area (Å²) in [4.78, 5) is 0. The Kier molecular flexibility index (Phi) is 0.627. The van der Waals surface area contributed by atoms with Crippen LogP contribution in [-0.4, -0.2) is 0 Å². The van der Waals surface area contributed by atoms with Crippen molar-refractivity contribution in [3.63, 3.8) is 0 Å². The van der Waals surface area contributed by atoms with Gasteiger partial charge in [-0.1, -0.05) is 27.7 Å². The van der Waals surface area contributed by atoms with Crippen LogP contribution in [0.15, 0.2) is 0 Å². The average molecular weight is 124 g/mol. The van der Waals surface area contributed by atoms with Crippen LogP contribution >= 0.6 is 0 Å². The minimum Gasteiger partial charge on any atom is -0.0588 e. The molecule has 0 heterocycles. The van der Waals surface area contributed by atoms with Crippen molar-refractivity contribution in [2.45, 2.75) is 40.5 Å². The van der Waals surface area contributed by atoms with Gasteiger partial charge >= 0.3 is 0 Å². The Balaban J connectivity index is 2.38. The predicted octanol–water partition coefficient (Wildman–Crippen LogP) is 2.83. The molecule has 2 rings (SSSR count). The van der Waals surface area contributed by atoms with Gasteiger partial charge in [0.2, 0.25) is 0 Å². The third kappa shape index (κ3) is 0.281. The fourth-order valence-corrected chi connectivity index (χ4v) is 3.06. The van der Waals surface area contributed by atoms with Crippen LogP contribution in [0.4, 0.5) is 0 Å². The van der Waals surface area contributed by atoms with Crippen molar-refractivity contribution in [3.8, 4) is 0 Å². The molecule has 2 fully saturated rings. The van der Waals surface area contributed by atoms with E-state index >= 15 is 0 Å². The zero-order chi connectivity index (χ0) is 6.91. The molecule has 0 aromatic carbocycles. The molecule has 2 aliphatic rings. The minimum absolute atomic E-state index is 0.653. The fraction of sp³-hybridized carbons (Fsp3) is 1.00. The van der Waals surface area contributed by atoms with Crippen molar-refractivity contribution in [1.82, 2.24) is 0 Å². The highest BCUT2D eigenvalue weighted by molar-refractivity contribution is 5.29. The quantitative estimate of drug-likeness (QED) is 0.466. The second kappa shape index (κ2) is 0.980. The van der Waals surface area contributed by atoms with Crippen LogP contribution in [-0.2, 0) is 0 Å². The molecule has 0 N–H and O–H groups in total. The standard InChI is InChI=1S/C9H16/c1-7(2)8(3)5-6-9(7,8)4/h5-6H2,1-4H3. The van der Waals surface area contributed by atoms with E-state index in [1.54, 1.807) is 0 Å². The lowest BCUT2D eigenvalue weighted by atomic mass is 9.77. The molecule has 0 radical (unpaired) electrons. The largest absolute Gasteiger partial charge is 0.0588 e. The summed E-state index contributed by atoms with van der Waals surface area (Å²) in [6.07, 6.45) is 2.94. The maximum Gasteiger partial charge on any atom is -0.0210 e. The molecule has 2 atom stereocenters. The molecule has 2 saturated carbocycles. The summed E-state index contributed by atoms with van der Waals surface area (Å²) in [6.45, 7) is 9.72. The summed E-state index contributed by atoms with van der Waals surface area (Å²) in [5, 5.41) is 0. The lowest BCUT2D eigenvalue weighted by Gasteiger charge is -2.28. The van der Waals surface area contributed by atoms with Gasteiger partial charge < -0.3 is 0 Å². The Morgan fingerprint density at radius 3 is 1.11 bits per heavy atom. The van der Waals surface area contributed by atoms with Crippen molar-refractivity contribution in [2.75, 3.05) is 0 Å². The van der Waals surface area contributed by atoms with Crippen LogP contribution in [0.25, 0.3) is 0 Å². The first-order valence-electron chi connectivity index (χ1n) is 3.96. The van der Waals surface area contributed by atoms with Crippen molar-refractivity contribution in [1.29, 1.82) is 0 Å². The number of hydrogen-bond donors (Lipinski definition) is 0. The van der Waals surface area contributed by atoms with Crippen molar-refractivity contribution >= 4 is 0 Å². The average Bonchev–Trinajstić information content (AvgIpc) is 1.96. The second-order valence-corrected chi connectivity index (χ2v) is 4.79. The molecule has 0 aliphatic heterocycles. The highest BCUT2D eigenvalue weighted by atomic mass is 14.9. The van der Waals surface area contributed by atoms with Gasteiger partial charge in [-0.2, -0.15) is 0 Å². The van der Waals surface area contributed by atoms with Gasteiger partial charge in [-0.25, -0.2) is 0 Å². The molecule has 0 aromatic heterocycles. The molecule has 0 amide bonds. The Hall–Kier alpha value is 0. The van der Waals surface area contributed by atoms with Crippen LogP contribution in [0.3, 0.4) is 0 Å². The third-order valence-electron chi connectivity index (χ3n) is 5.04. The van der Waals surface area contributed by atoms with Gasteiger partial charge in [0.05, 0.1) is 0 Å². The predicted molar refractivity (Wildman–Crippen MR) is 39.2 cm³/mol. The van der Waals surface area contributed by atoms with E-state index in [1.807, 2.05) is 0 Å². The summed E-state index contributed by atoms with van der Waals surface area (Å²) in [6, 6.07) is 0. The monoisotopic (exact) mass is 124 g/mol. The lowest BCUT2D eigenvalue weighted by molar-refractivity contribution is 0.219. The summed E-state index contributed by atoms with van der Waals surface area (Å²) >= 11 is 0. The zero-order valence-electron chi connectivity index (χ0n) is 6.91. The summed E-state index contributed by atoms with van der Waals surface area (Å²) < 4.78 is 0. The fourth-order valence-electron chi connectivity index (χ4n) is 3.06. The van der Waals surface area contributed by atoms with E-state index in [-0.39, 0.29) is 0 Å². The van der Waals surface area contributed by atoms with E-state index in [1.165, 1.54) is 12.8 Å². The third-order valence-corrected chi connectivity index (χ3v) is 5.04.